The lowest BCUT2D eigenvalue weighted by Crippen LogP contribution is -2.20. The lowest BCUT2D eigenvalue weighted by Gasteiger charge is -2.15. The molecule has 0 unspecified atom stereocenters. The minimum Gasteiger partial charge on any atom is -0.481 e. The van der Waals surface area contributed by atoms with E-state index in [1.807, 2.05) is 0 Å². The summed E-state index contributed by atoms with van der Waals surface area (Å²) in [6, 6.07) is 1.01. The summed E-state index contributed by atoms with van der Waals surface area (Å²) in [6.45, 7) is -0.278. The smallest absolute Gasteiger partial charge is 0.481 e. The number of carbonyl (C=O) groups is 1. The Balaban J connectivity index is 3.22. The van der Waals surface area contributed by atoms with E-state index in [-0.39, 0.29) is 30.1 Å². The van der Waals surface area contributed by atoms with Crippen molar-refractivity contribution in [2.75, 3.05) is 14.2 Å². The van der Waals surface area contributed by atoms with Crippen LogP contribution in [0.4, 0.5) is 13.2 Å². The van der Waals surface area contributed by atoms with Gasteiger partial charge in [0.05, 0.1) is 20.6 Å². The Labute approximate surface area is 112 Å². The zero-order chi connectivity index (χ0) is 15.3. The average Bonchev–Trinajstić information content (AvgIpc) is 2.37. The highest BCUT2D eigenvalue weighted by molar-refractivity contribution is 5.73. The molecule has 20 heavy (non-hydrogen) atoms. The Bertz CT molecular complexity index is 491. The number of esters is 1. The van der Waals surface area contributed by atoms with Gasteiger partial charge in [-0.1, -0.05) is 0 Å². The summed E-state index contributed by atoms with van der Waals surface area (Å²) in [7, 11) is 2.43. The Morgan fingerprint density at radius 3 is 2.50 bits per heavy atom. The van der Waals surface area contributed by atoms with E-state index in [0.29, 0.717) is 0 Å². The fraction of sp³-hybridized carbons (Fsp3) is 0.455. The van der Waals surface area contributed by atoms with Gasteiger partial charge in [-0.2, -0.15) is 0 Å². The molecule has 0 fully saturated rings. The van der Waals surface area contributed by atoms with Crippen LogP contribution in [0.15, 0.2) is 6.07 Å². The molecular formula is C11H13F3N2O4. The molecule has 1 aromatic heterocycles. The number of nitrogens with two attached hydrogens (primary N) is 1. The molecule has 0 radical (unpaired) electrons. The standard InChI is InChI=1S/C11H13F3N2O4/c1-18-9(17)4-6-3-8(20-11(12,13)14)7(5-15)16-10(6)19-2/h3H,4-5,15H2,1-2H3. The number of alkyl halides is 3. The van der Waals surface area contributed by atoms with E-state index in [9.17, 15) is 18.0 Å². The number of halogens is 3. The van der Waals surface area contributed by atoms with E-state index < -0.39 is 18.1 Å². The van der Waals surface area contributed by atoms with Crippen molar-refractivity contribution in [3.8, 4) is 11.6 Å². The Kier molecular flexibility index (Phi) is 5.14. The molecule has 112 valence electrons. The van der Waals surface area contributed by atoms with Crippen LogP contribution in [0.2, 0.25) is 0 Å². The SMILES string of the molecule is COC(=O)Cc1cc(OC(F)(F)F)c(CN)nc1OC. The van der Waals surface area contributed by atoms with E-state index in [0.717, 1.165) is 13.2 Å². The summed E-state index contributed by atoms with van der Waals surface area (Å²) in [4.78, 5) is 15.0. The molecule has 0 aliphatic heterocycles. The first-order chi connectivity index (χ1) is 9.30. The van der Waals surface area contributed by atoms with Crippen LogP contribution < -0.4 is 15.2 Å². The van der Waals surface area contributed by atoms with Gasteiger partial charge in [-0.05, 0) is 6.07 Å². The predicted octanol–water partition coefficient (Wildman–Crippen LogP) is 1.16. The van der Waals surface area contributed by atoms with E-state index in [2.05, 4.69) is 14.5 Å². The van der Waals surface area contributed by atoms with Crippen LogP contribution in [0.1, 0.15) is 11.3 Å². The maximum absolute atomic E-state index is 12.3. The molecule has 1 heterocycles. The van der Waals surface area contributed by atoms with Crippen molar-refractivity contribution in [2.45, 2.75) is 19.3 Å². The largest absolute Gasteiger partial charge is 0.573 e. The first-order valence-corrected chi connectivity index (χ1v) is 5.40. The first-order valence-electron chi connectivity index (χ1n) is 5.40. The summed E-state index contributed by atoms with van der Waals surface area (Å²) in [5.41, 5.74) is 5.29. The zero-order valence-electron chi connectivity index (χ0n) is 10.8. The van der Waals surface area contributed by atoms with Crippen LogP contribution in [-0.2, 0) is 22.5 Å². The van der Waals surface area contributed by atoms with Crippen LogP contribution in [-0.4, -0.2) is 31.5 Å². The first kappa shape index (κ1) is 16.0. The molecular weight excluding hydrogens is 281 g/mol. The second-order valence-electron chi connectivity index (χ2n) is 3.61. The summed E-state index contributed by atoms with van der Waals surface area (Å²) >= 11 is 0. The molecule has 0 aromatic carbocycles. The fourth-order valence-corrected chi connectivity index (χ4v) is 1.44. The van der Waals surface area contributed by atoms with Crippen LogP contribution >= 0.6 is 0 Å². The topological polar surface area (TPSA) is 83.7 Å². The van der Waals surface area contributed by atoms with Gasteiger partial charge in [0.25, 0.3) is 0 Å². The van der Waals surface area contributed by atoms with Gasteiger partial charge in [0.2, 0.25) is 5.88 Å². The third kappa shape index (κ3) is 4.26. The Morgan fingerprint density at radius 1 is 1.40 bits per heavy atom. The molecule has 2 N–H and O–H groups in total. The van der Waals surface area contributed by atoms with Gasteiger partial charge < -0.3 is 19.9 Å². The van der Waals surface area contributed by atoms with Gasteiger partial charge in [-0.25, -0.2) is 4.98 Å². The van der Waals surface area contributed by atoms with Gasteiger partial charge >= 0.3 is 12.3 Å². The highest BCUT2D eigenvalue weighted by Crippen LogP contribution is 2.30. The second-order valence-corrected chi connectivity index (χ2v) is 3.61. The zero-order valence-corrected chi connectivity index (χ0v) is 10.8. The highest BCUT2D eigenvalue weighted by atomic mass is 19.4. The van der Waals surface area contributed by atoms with Crippen molar-refractivity contribution < 1.29 is 32.2 Å². The number of methoxy groups -OCH3 is 2. The summed E-state index contributed by atoms with van der Waals surface area (Å²) in [6.07, 6.45) is -5.19. The van der Waals surface area contributed by atoms with Gasteiger partial charge in [-0.3, -0.25) is 4.79 Å². The molecule has 0 bridgehead atoms. The van der Waals surface area contributed by atoms with Crippen molar-refractivity contribution in [3.63, 3.8) is 0 Å². The predicted molar refractivity (Wildman–Crippen MR) is 61.1 cm³/mol. The minimum absolute atomic E-state index is 0.00891. The molecule has 0 spiro atoms. The van der Waals surface area contributed by atoms with Gasteiger partial charge in [0, 0.05) is 12.1 Å². The third-order valence-corrected chi connectivity index (χ3v) is 2.28. The molecule has 6 nitrogen and oxygen atoms in total. The summed E-state index contributed by atoms with van der Waals surface area (Å²) in [5.74, 6) is -1.23. The number of pyridine rings is 1. The van der Waals surface area contributed by atoms with Crippen molar-refractivity contribution >= 4 is 5.97 Å². The maximum Gasteiger partial charge on any atom is 0.573 e. The highest BCUT2D eigenvalue weighted by Gasteiger charge is 2.33. The van der Waals surface area contributed by atoms with Gasteiger partial charge in [0.15, 0.2) is 5.75 Å². The lowest BCUT2D eigenvalue weighted by atomic mass is 10.1. The molecule has 0 aliphatic rings. The average molecular weight is 294 g/mol. The second kappa shape index (κ2) is 6.42. The summed E-state index contributed by atoms with van der Waals surface area (Å²) in [5, 5.41) is 0. The molecule has 0 saturated carbocycles. The van der Waals surface area contributed by atoms with E-state index >= 15 is 0 Å². The third-order valence-electron chi connectivity index (χ3n) is 2.28. The molecule has 0 saturated heterocycles. The van der Waals surface area contributed by atoms with Crippen LogP contribution in [0, 0.1) is 0 Å². The number of hydrogen-bond donors (Lipinski definition) is 1. The van der Waals surface area contributed by atoms with Crippen molar-refractivity contribution in [3.05, 3.63) is 17.3 Å². The summed E-state index contributed by atoms with van der Waals surface area (Å²) < 4.78 is 50.0. The van der Waals surface area contributed by atoms with Crippen LogP contribution in [0.25, 0.3) is 0 Å². The molecule has 0 aliphatic carbocycles. The molecule has 1 aromatic rings. The minimum atomic E-state index is -4.89. The number of nitrogens with zero attached hydrogens (tertiary/aromatic N) is 1. The number of carbonyl (C=O) groups excluding carboxylic acids is 1. The molecule has 9 heteroatoms. The van der Waals surface area contributed by atoms with E-state index in [1.165, 1.54) is 7.11 Å². The normalized spacial score (nSPS) is 11.1. The number of hydrogen-bond acceptors (Lipinski definition) is 6. The monoisotopic (exact) mass is 294 g/mol. The lowest BCUT2D eigenvalue weighted by molar-refractivity contribution is -0.275. The van der Waals surface area contributed by atoms with E-state index in [1.54, 1.807) is 0 Å². The van der Waals surface area contributed by atoms with Crippen molar-refractivity contribution in [2.24, 2.45) is 5.73 Å². The molecule has 0 amide bonds. The van der Waals surface area contributed by atoms with E-state index in [4.69, 9.17) is 10.5 Å². The molecule has 0 atom stereocenters. The number of ether oxygens (including phenoxy) is 3. The number of rotatable bonds is 5. The van der Waals surface area contributed by atoms with Gasteiger partial charge in [-0.15, -0.1) is 13.2 Å². The van der Waals surface area contributed by atoms with Crippen molar-refractivity contribution in [1.82, 2.24) is 4.98 Å². The number of aromatic nitrogens is 1. The van der Waals surface area contributed by atoms with Crippen LogP contribution in [0.5, 0.6) is 11.6 Å². The van der Waals surface area contributed by atoms with Crippen molar-refractivity contribution in [1.29, 1.82) is 0 Å². The Hall–Kier alpha value is -2.03. The Morgan fingerprint density at radius 2 is 2.05 bits per heavy atom. The van der Waals surface area contributed by atoms with Gasteiger partial charge in [0.1, 0.15) is 5.69 Å². The van der Waals surface area contributed by atoms with Crippen LogP contribution in [0.3, 0.4) is 0 Å². The quantitative estimate of drug-likeness (QED) is 0.820. The maximum atomic E-state index is 12.3. The fourth-order valence-electron chi connectivity index (χ4n) is 1.44. The molecule has 1 rings (SSSR count).